The number of benzene rings is 1. The molecular weight excluding hydrogens is 711 g/mol. The van der Waals surface area contributed by atoms with E-state index in [-0.39, 0.29) is 34.7 Å². The van der Waals surface area contributed by atoms with Crippen molar-refractivity contribution >= 4 is 41.3 Å². The summed E-state index contributed by atoms with van der Waals surface area (Å²) < 4.78 is 47.8. The maximum atomic E-state index is 13.7. The van der Waals surface area contributed by atoms with Crippen molar-refractivity contribution in [2.45, 2.75) is 39.4 Å². The van der Waals surface area contributed by atoms with Gasteiger partial charge in [0.2, 0.25) is 5.62 Å². The number of carbonyl (C=O) groups excluding carboxylic acids is 2. The third-order valence-corrected chi connectivity index (χ3v) is 9.17. The standard InChI is InChI=1S/C25H32N8O5.C10H10F3N3/c1-4-19-21(30-7-9-31(10-8-30)23(36)20-22(35)17(2)28-16-29-20)24(37)33(26-3)25(32(19)11-12-34)27-15-18-5-13-38-14-6-18;1-14-7-4-3-6(10(11,12)13)9-8(7)15-5-16(9)2/h5,12,16,35H,3-4,6-11,13-15H2,1-2H3;3-5,14H,1-2H3. The molecule has 6 rings (SSSR count). The number of nitrogens with one attached hydrogen (secondary N) is 1. The molecule has 16 nitrogen and oxygen atoms in total. The zero-order valence-electron chi connectivity index (χ0n) is 30.4. The first-order valence-corrected chi connectivity index (χ1v) is 17.1. The van der Waals surface area contributed by atoms with Crippen LogP contribution in [0.1, 0.15) is 40.8 Å². The lowest BCUT2D eigenvalue weighted by Crippen LogP contribution is -2.52. The molecule has 0 aliphatic carbocycles. The van der Waals surface area contributed by atoms with Gasteiger partial charge in [0.1, 0.15) is 23.8 Å². The lowest BCUT2D eigenvalue weighted by molar-refractivity contribution is -0.136. The van der Waals surface area contributed by atoms with Gasteiger partial charge in [-0.3, -0.25) is 9.59 Å². The molecule has 4 aromatic rings. The number of ether oxygens (including phenoxy) is 1. The number of aldehydes is 1. The van der Waals surface area contributed by atoms with Gasteiger partial charge in [-0.15, -0.1) is 0 Å². The molecule has 0 atom stereocenters. The van der Waals surface area contributed by atoms with Gasteiger partial charge in [-0.05, 0) is 37.5 Å². The maximum Gasteiger partial charge on any atom is 0.418 e. The van der Waals surface area contributed by atoms with Gasteiger partial charge in [0.15, 0.2) is 11.4 Å². The van der Waals surface area contributed by atoms with E-state index in [9.17, 15) is 32.7 Å². The lowest BCUT2D eigenvalue weighted by atomic mass is 10.1. The zero-order chi connectivity index (χ0) is 39.2. The molecule has 0 unspecified atom stereocenters. The van der Waals surface area contributed by atoms with E-state index in [4.69, 9.17) is 4.74 Å². The van der Waals surface area contributed by atoms with Crippen molar-refractivity contribution in [1.29, 1.82) is 0 Å². The molecular formula is C35H42F3N11O5. The van der Waals surface area contributed by atoms with E-state index in [0.717, 1.165) is 29.0 Å². The van der Waals surface area contributed by atoms with E-state index in [2.05, 4.69) is 37.1 Å². The summed E-state index contributed by atoms with van der Waals surface area (Å²) in [5, 5.41) is 17.0. The number of imidazole rings is 1. The Hall–Kier alpha value is -5.85. The number of rotatable bonds is 9. The maximum absolute atomic E-state index is 13.7. The molecule has 1 saturated heterocycles. The molecule has 2 aliphatic rings. The summed E-state index contributed by atoms with van der Waals surface area (Å²) in [6.45, 7) is 9.93. The van der Waals surface area contributed by atoms with Gasteiger partial charge in [-0.1, -0.05) is 13.0 Å². The van der Waals surface area contributed by atoms with E-state index in [1.165, 1.54) is 23.3 Å². The third kappa shape index (κ3) is 8.04. The summed E-state index contributed by atoms with van der Waals surface area (Å²) in [5.74, 6) is -0.639. The number of hydrogen-bond acceptors (Lipinski definition) is 12. The fourth-order valence-corrected chi connectivity index (χ4v) is 6.39. The Labute approximate surface area is 307 Å². The van der Waals surface area contributed by atoms with Crippen LogP contribution in [0.15, 0.2) is 51.3 Å². The lowest BCUT2D eigenvalue weighted by Gasteiger charge is -2.36. The summed E-state index contributed by atoms with van der Waals surface area (Å²) in [6.07, 6.45) is 2.21. The highest BCUT2D eigenvalue weighted by molar-refractivity contribution is 5.95. The molecule has 5 heterocycles. The first kappa shape index (κ1) is 39.4. The second kappa shape index (κ2) is 16.9. The fourth-order valence-electron chi connectivity index (χ4n) is 6.39. The van der Waals surface area contributed by atoms with Crippen LogP contribution < -0.4 is 21.4 Å². The Bertz CT molecular complexity index is 2200. The summed E-state index contributed by atoms with van der Waals surface area (Å²) in [7, 11) is 3.20. The third-order valence-electron chi connectivity index (χ3n) is 9.17. The first-order chi connectivity index (χ1) is 25.9. The van der Waals surface area contributed by atoms with Crippen molar-refractivity contribution in [3.8, 4) is 5.75 Å². The smallest absolute Gasteiger partial charge is 0.418 e. The first-order valence-electron chi connectivity index (χ1n) is 17.1. The highest BCUT2D eigenvalue weighted by Crippen LogP contribution is 2.36. The van der Waals surface area contributed by atoms with E-state index in [0.29, 0.717) is 80.6 Å². The number of hydrogen-bond donors (Lipinski definition) is 2. The van der Waals surface area contributed by atoms with Crippen LogP contribution in [0.2, 0.25) is 0 Å². The number of fused-ring (bicyclic) bond motifs is 1. The van der Waals surface area contributed by atoms with Crippen LogP contribution >= 0.6 is 0 Å². The molecule has 3 aromatic heterocycles. The molecule has 0 spiro atoms. The Morgan fingerprint density at radius 2 is 1.91 bits per heavy atom. The van der Waals surface area contributed by atoms with Gasteiger partial charge in [0.05, 0.1) is 60.8 Å². The molecule has 0 saturated carbocycles. The number of alkyl halides is 3. The Morgan fingerprint density at radius 3 is 2.52 bits per heavy atom. The Morgan fingerprint density at radius 1 is 1.17 bits per heavy atom. The second-order valence-electron chi connectivity index (χ2n) is 12.4. The molecule has 0 bridgehead atoms. The number of piperazine rings is 1. The van der Waals surface area contributed by atoms with Gasteiger partial charge < -0.3 is 38.9 Å². The topological polar surface area (TPSA) is 177 Å². The van der Waals surface area contributed by atoms with Crippen LogP contribution in [-0.4, -0.2) is 111 Å². The van der Waals surface area contributed by atoms with Crippen molar-refractivity contribution in [3.63, 3.8) is 0 Å². The molecule has 2 N–H and O–H groups in total. The van der Waals surface area contributed by atoms with Gasteiger partial charge in [-0.2, -0.15) is 22.9 Å². The molecule has 1 fully saturated rings. The van der Waals surface area contributed by atoms with Gasteiger partial charge in [0, 0.05) is 47.0 Å². The van der Waals surface area contributed by atoms with E-state index < -0.39 is 17.6 Å². The minimum absolute atomic E-state index is 0.00223. The van der Waals surface area contributed by atoms with Crippen LogP contribution in [0.3, 0.4) is 0 Å². The second-order valence-corrected chi connectivity index (χ2v) is 12.4. The highest BCUT2D eigenvalue weighted by atomic mass is 19.4. The summed E-state index contributed by atoms with van der Waals surface area (Å²) in [5.41, 5.74) is 2.65. The number of nitrogens with zero attached hydrogens (tertiary/aromatic N) is 10. The van der Waals surface area contributed by atoms with Crippen LogP contribution in [0.25, 0.3) is 11.0 Å². The van der Waals surface area contributed by atoms with Crippen LogP contribution in [-0.2, 0) is 35.7 Å². The molecule has 2 aliphatic heterocycles. The van der Waals surface area contributed by atoms with Gasteiger partial charge in [-0.25, -0.2) is 19.9 Å². The number of amides is 1. The summed E-state index contributed by atoms with van der Waals surface area (Å²) >= 11 is 0. The van der Waals surface area contributed by atoms with E-state index >= 15 is 0 Å². The Balaban J connectivity index is 0.000000291. The molecule has 54 heavy (non-hydrogen) atoms. The van der Waals surface area contributed by atoms with Crippen LogP contribution in [0.4, 0.5) is 24.5 Å². The predicted molar refractivity (Wildman–Crippen MR) is 195 cm³/mol. The Kier molecular flexibility index (Phi) is 12.3. The van der Waals surface area contributed by atoms with E-state index in [1.807, 2.05) is 17.9 Å². The molecule has 19 heteroatoms. The van der Waals surface area contributed by atoms with E-state index in [1.54, 1.807) is 30.5 Å². The molecule has 1 amide bonds. The van der Waals surface area contributed by atoms with Crippen LogP contribution in [0.5, 0.6) is 5.75 Å². The zero-order valence-corrected chi connectivity index (χ0v) is 30.4. The average molecular weight is 754 g/mol. The normalized spacial score (nSPS) is 15.1. The van der Waals surface area contributed by atoms with Crippen molar-refractivity contribution in [1.82, 2.24) is 33.7 Å². The minimum atomic E-state index is -4.36. The predicted octanol–water partition coefficient (Wildman–Crippen LogP) is 2.52. The monoisotopic (exact) mass is 753 g/mol. The van der Waals surface area contributed by atoms with Gasteiger partial charge >= 0.3 is 6.18 Å². The molecule has 0 radical (unpaired) electrons. The number of anilines is 2. The van der Waals surface area contributed by atoms with Crippen molar-refractivity contribution in [3.05, 3.63) is 75.1 Å². The largest absolute Gasteiger partial charge is 0.504 e. The number of aromatic hydroxyl groups is 1. The SMILES string of the molecule is C=Nn1c(=O)c(N2CCN(C(=O)c3ncnc(C)c3O)CC2)c(CC)n(CC=O)c1=NCC1=CCOCC1.CNc1ccc(C(F)(F)F)c2c1ncn2C. The molecule has 288 valence electrons. The average Bonchev–Trinajstić information content (AvgIpc) is 3.56. The number of carbonyl (C=O) groups is 2. The summed E-state index contributed by atoms with van der Waals surface area (Å²) in [4.78, 5) is 58.3. The van der Waals surface area contributed by atoms with Gasteiger partial charge in [0.25, 0.3) is 11.5 Å². The van der Waals surface area contributed by atoms with Crippen LogP contribution in [0, 0.1) is 6.92 Å². The number of aromatic nitrogens is 6. The molecule has 1 aromatic carbocycles. The fraction of sp³-hybridized carbons (Fsp3) is 0.429. The highest BCUT2D eigenvalue weighted by Gasteiger charge is 2.34. The number of aryl methyl sites for hydroxylation is 2. The number of halogens is 3. The van der Waals surface area contributed by atoms with Crippen molar-refractivity contribution < 1.29 is 32.6 Å². The quantitative estimate of drug-likeness (QED) is 0.147. The van der Waals surface area contributed by atoms with Crippen molar-refractivity contribution in [2.75, 3.05) is 63.2 Å². The van der Waals surface area contributed by atoms with Crippen molar-refractivity contribution in [2.24, 2.45) is 17.1 Å². The summed E-state index contributed by atoms with van der Waals surface area (Å²) in [6, 6.07) is 2.45. The minimum Gasteiger partial charge on any atom is -0.504 e.